The van der Waals surface area contributed by atoms with Gasteiger partial charge in [-0.15, -0.1) is 0 Å². The van der Waals surface area contributed by atoms with Crippen molar-refractivity contribution in [3.8, 4) is 11.1 Å². The number of hydrogen-bond donors (Lipinski definition) is 0. The summed E-state index contributed by atoms with van der Waals surface area (Å²) in [7, 11) is 0. The molecule has 134 valence electrons. The van der Waals surface area contributed by atoms with Gasteiger partial charge in [-0.2, -0.15) is 0 Å². The van der Waals surface area contributed by atoms with E-state index in [0.29, 0.717) is 0 Å². The molecule has 1 unspecified atom stereocenters. The fraction of sp³-hybridized carbons (Fsp3) is 0.0400. The van der Waals surface area contributed by atoms with Gasteiger partial charge in [-0.25, -0.2) is 0 Å². The van der Waals surface area contributed by atoms with Crippen LogP contribution >= 0.6 is 39.3 Å². The highest BCUT2D eigenvalue weighted by Crippen LogP contribution is 2.62. The highest BCUT2D eigenvalue weighted by molar-refractivity contribution is 9.10. The lowest BCUT2D eigenvalue weighted by atomic mass is 9.67. The van der Waals surface area contributed by atoms with E-state index in [9.17, 15) is 0 Å². The summed E-state index contributed by atoms with van der Waals surface area (Å²) in [6.07, 6.45) is 0. The van der Waals surface area contributed by atoms with Gasteiger partial charge in [0.25, 0.3) is 0 Å². The third kappa shape index (κ3) is 2.09. The largest absolute Gasteiger partial charge is 0.0894 e. The average molecular weight is 462 g/mol. The van der Waals surface area contributed by atoms with Gasteiger partial charge in [0.2, 0.25) is 0 Å². The summed E-state index contributed by atoms with van der Waals surface area (Å²) in [6, 6.07) is 30.6. The Bertz CT molecular complexity index is 1280. The van der Waals surface area contributed by atoms with Gasteiger partial charge in [-0.1, -0.05) is 87.8 Å². The Labute approximate surface area is 181 Å². The third-order valence-corrected chi connectivity index (χ3v) is 7.74. The first-order valence-electron chi connectivity index (χ1n) is 9.17. The summed E-state index contributed by atoms with van der Waals surface area (Å²) in [4.78, 5) is 2.57. The molecule has 1 atom stereocenters. The van der Waals surface area contributed by atoms with E-state index in [4.69, 9.17) is 11.6 Å². The quantitative estimate of drug-likeness (QED) is 0.221. The van der Waals surface area contributed by atoms with Crippen LogP contribution in [0.5, 0.6) is 0 Å². The Morgan fingerprint density at radius 3 is 2.25 bits per heavy atom. The SMILES string of the molecule is Clc1ccc2c(c1)C1(c3ccccc3S2)c2ccccc2-c2ccc(Br)cc21. The Morgan fingerprint density at radius 2 is 1.36 bits per heavy atom. The van der Waals surface area contributed by atoms with E-state index in [2.05, 4.69) is 94.8 Å². The van der Waals surface area contributed by atoms with Gasteiger partial charge in [0.15, 0.2) is 0 Å². The van der Waals surface area contributed by atoms with Gasteiger partial charge in [-0.3, -0.25) is 0 Å². The molecule has 0 radical (unpaired) electrons. The Balaban J connectivity index is 1.87. The highest BCUT2D eigenvalue weighted by Gasteiger charge is 2.50. The molecule has 0 bridgehead atoms. The van der Waals surface area contributed by atoms with E-state index < -0.39 is 0 Å². The van der Waals surface area contributed by atoms with Crippen molar-refractivity contribution >= 4 is 39.3 Å². The molecule has 0 N–H and O–H groups in total. The van der Waals surface area contributed by atoms with E-state index in [-0.39, 0.29) is 5.41 Å². The standard InChI is InChI=1S/C25H14BrClS/c26-15-9-11-18-17-5-1-2-6-19(17)25(21(18)13-15)20-7-3-4-8-23(20)28-24-12-10-16(27)14-22(24)25/h1-14H. The first-order valence-corrected chi connectivity index (χ1v) is 11.2. The predicted octanol–water partition coefficient (Wildman–Crippen LogP) is 7.93. The topological polar surface area (TPSA) is 0 Å². The normalized spacial score (nSPS) is 18.4. The molecule has 4 aromatic carbocycles. The molecular weight excluding hydrogens is 448 g/mol. The molecule has 0 saturated heterocycles. The van der Waals surface area contributed by atoms with Crippen LogP contribution in [0.2, 0.25) is 5.02 Å². The van der Waals surface area contributed by atoms with Crippen molar-refractivity contribution in [1.29, 1.82) is 0 Å². The van der Waals surface area contributed by atoms with Crippen LogP contribution in [-0.2, 0) is 5.41 Å². The molecule has 1 heterocycles. The van der Waals surface area contributed by atoms with Crippen LogP contribution in [0.4, 0.5) is 0 Å². The number of benzene rings is 4. The second-order valence-corrected chi connectivity index (χ2v) is 9.66. The maximum atomic E-state index is 6.53. The van der Waals surface area contributed by atoms with Crippen molar-refractivity contribution in [2.24, 2.45) is 0 Å². The lowest BCUT2D eigenvalue weighted by Gasteiger charge is -2.39. The Kier molecular flexibility index (Phi) is 3.62. The average Bonchev–Trinajstić information content (AvgIpc) is 3.00. The molecule has 0 fully saturated rings. The summed E-state index contributed by atoms with van der Waals surface area (Å²) < 4.78 is 1.10. The van der Waals surface area contributed by atoms with Crippen molar-refractivity contribution in [3.05, 3.63) is 117 Å². The zero-order chi connectivity index (χ0) is 18.9. The summed E-state index contributed by atoms with van der Waals surface area (Å²) in [5.41, 5.74) is 7.51. The first-order chi connectivity index (χ1) is 13.7. The van der Waals surface area contributed by atoms with E-state index in [1.807, 2.05) is 17.8 Å². The van der Waals surface area contributed by atoms with E-state index in [1.54, 1.807) is 0 Å². The van der Waals surface area contributed by atoms with E-state index >= 15 is 0 Å². The Morgan fingerprint density at radius 1 is 0.643 bits per heavy atom. The molecule has 0 amide bonds. The maximum absolute atomic E-state index is 6.53. The zero-order valence-corrected chi connectivity index (χ0v) is 17.9. The number of hydrogen-bond acceptors (Lipinski definition) is 1. The highest BCUT2D eigenvalue weighted by atomic mass is 79.9. The first kappa shape index (κ1) is 16.9. The molecular formula is C25H14BrClS. The van der Waals surface area contributed by atoms with Crippen molar-refractivity contribution in [3.63, 3.8) is 0 Å². The molecule has 1 aliphatic carbocycles. The molecule has 1 aliphatic heterocycles. The summed E-state index contributed by atoms with van der Waals surface area (Å²) >= 11 is 12.1. The predicted molar refractivity (Wildman–Crippen MR) is 121 cm³/mol. The van der Waals surface area contributed by atoms with Crippen molar-refractivity contribution in [2.45, 2.75) is 15.2 Å². The second kappa shape index (κ2) is 6.00. The van der Waals surface area contributed by atoms with Crippen LogP contribution in [-0.4, -0.2) is 0 Å². The monoisotopic (exact) mass is 460 g/mol. The van der Waals surface area contributed by atoms with Crippen LogP contribution in [0.15, 0.2) is 99.2 Å². The summed E-state index contributed by atoms with van der Waals surface area (Å²) in [5.74, 6) is 0. The second-order valence-electron chi connectivity index (χ2n) is 7.22. The van der Waals surface area contributed by atoms with Crippen LogP contribution in [0, 0.1) is 0 Å². The van der Waals surface area contributed by atoms with Crippen molar-refractivity contribution in [2.75, 3.05) is 0 Å². The Hall–Kier alpha value is -2.00. The maximum Gasteiger partial charge on any atom is 0.0736 e. The van der Waals surface area contributed by atoms with Gasteiger partial charge in [0.05, 0.1) is 5.41 Å². The molecule has 0 aromatic heterocycles. The fourth-order valence-corrected chi connectivity index (χ4v) is 6.55. The van der Waals surface area contributed by atoms with Gasteiger partial charge >= 0.3 is 0 Å². The van der Waals surface area contributed by atoms with Gasteiger partial charge in [0.1, 0.15) is 0 Å². The molecule has 6 rings (SSSR count). The molecule has 3 heteroatoms. The van der Waals surface area contributed by atoms with Crippen LogP contribution in [0.3, 0.4) is 0 Å². The molecule has 2 aliphatic rings. The third-order valence-electron chi connectivity index (χ3n) is 5.86. The van der Waals surface area contributed by atoms with E-state index in [1.165, 1.54) is 43.2 Å². The number of halogens is 2. The van der Waals surface area contributed by atoms with Crippen LogP contribution in [0.25, 0.3) is 11.1 Å². The minimum absolute atomic E-state index is 0.349. The smallest absolute Gasteiger partial charge is 0.0736 e. The van der Waals surface area contributed by atoms with Crippen LogP contribution < -0.4 is 0 Å². The zero-order valence-electron chi connectivity index (χ0n) is 14.7. The summed E-state index contributed by atoms with van der Waals surface area (Å²) in [6.45, 7) is 0. The fourth-order valence-electron chi connectivity index (χ4n) is 4.85. The molecule has 0 nitrogen and oxygen atoms in total. The van der Waals surface area contributed by atoms with Crippen LogP contribution in [0.1, 0.15) is 22.3 Å². The van der Waals surface area contributed by atoms with Gasteiger partial charge in [-0.05, 0) is 69.8 Å². The summed E-state index contributed by atoms with van der Waals surface area (Å²) in [5, 5.41) is 0.777. The van der Waals surface area contributed by atoms with Crippen molar-refractivity contribution < 1.29 is 0 Å². The molecule has 1 spiro atoms. The van der Waals surface area contributed by atoms with Crippen molar-refractivity contribution in [1.82, 2.24) is 0 Å². The molecule has 0 saturated carbocycles. The lowest BCUT2D eigenvalue weighted by Crippen LogP contribution is -2.32. The lowest BCUT2D eigenvalue weighted by molar-refractivity contribution is 0.722. The number of rotatable bonds is 0. The number of fused-ring (bicyclic) bond motifs is 9. The molecule has 28 heavy (non-hydrogen) atoms. The minimum Gasteiger partial charge on any atom is -0.0894 e. The van der Waals surface area contributed by atoms with Gasteiger partial charge in [0, 0.05) is 19.3 Å². The molecule has 4 aromatic rings. The van der Waals surface area contributed by atoms with E-state index in [0.717, 1.165) is 9.50 Å². The minimum atomic E-state index is -0.349. The van der Waals surface area contributed by atoms with Gasteiger partial charge < -0.3 is 0 Å².